The summed E-state index contributed by atoms with van der Waals surface area (Å²) < 4.78 is 10.8. The van der Waals surface area contributed by atoms with Gasteiger partial charge in [0, 0.05) is 10.9 Å². The summed E-state index contributed by atoms with van der Waals surface area (Å²) in [4.78, 5) is 23.2. The molecule has 2 rings (SSSR count). The van der Waals surface area contributed by atoms with Crippen molar-refractivity contribution in [2.45, 2.75) is 12.8 Å². The Morgan fingerprint density at radius 3 is 2.71 bits per heavy atom. The first-order chi connectivity index (χ1) is 10.1. The fourth-order valence-corrected chi connectivity index (χ4v) is 2.03. The van der Waals surface area contributed by atoms with Crippen LogP contribution in [0.4, 0.5) is 5.69 Å². The van der Waals surface area contributed by atoms with E-state index in [4.69, 9.17) is 9.15 Å². The van der Waals surface area contributed by atoms with E-state index in [1.165, 1.54) is 0 Å². The minimum Gasteiger partial charge on any atom is -0.469 e. The lowest BCUT2D eigenvalue weighted by Gasteiger charge is -2.07. The van der Waals surface area contributed by atoms with E-state index >= 15 is 0 Å². The molecule has 0 saturated carbocycles. The first-order valence-corrected chi connectivity index (χ1v) is 7.17. The largest absolute Gasteiger partial charge is 0.469 e. The molecule has 2 aromatic rings. The molecule has 0 aliphatic rings. The lowest BCUT2D eigenvalue weighted by molar-refractivity contribution is -0.147. The number of hydrogen-bond donors (Lipinski definition) is 1. The maximum atomic E-state index is 11.7. The highest BCUT2D eigenvalue weighted by molar-refractivity contribution is 9.10. The molecule has 0 bridgehead atoms. The second kappa shape index (κ2) is 7.64. The maximum Gasteiger partial charge on any atom is 0.306 e. The molecule has 1 aromatic carbocycles. The van der Waals surface area contributed by atoms with Crippen LogP contribution in [0.25, 0.3) is 0 Å². The summed E-state index contributed by atoms with van der Waals surface area (Å²) in [6.45, 7) is -0.307. The van der Waals surface area contributed by atoms with Gasteiger partial charge in [0.2, 0.25) is 0 Å². The Kier molecular flexibility index (Phi) is 5.57. The van der Waals surface area contributed by atoms with Crippen LogP contribution in [-0.4, -0.2) is 18.5 Å². The first-order valence-electron chi connectivity index (χ1n) is 6.37. The molecule has 0 saturated heterocycles. The van der Waals surface area contributed by atoms with Crippen LogP contribution in [0.1, 0.15) is 12.2 Å². The third kappa shape index (κ3) is 5.07. The summed E-state index contributed by atoms with van der Waals surface area (Å²) in [7, 11) is 0. The minimum atomic E-state index is -0.436. The third-order valence-electron chi connectivity index (χ3n) is 2.67. The van der Waals surface area contributed by atoms with Crippen LogP contribution >= 0.6 is 15.9 Å². The van der Waals surface area contributed by atoms with Crippen LogP contribution in [0.15, 0.2) is 51.6 Å². The Labute approximate surface area is 130 Å². The Bertz CT molecular complexity index is 610. The van der Waals surface area contributed by atoms with Crippen LogP contribution in [-0.2, 0) is 20.7 Å². The number of para-hydroxylation sites is 1. The SMILES string of the molecule is O=C(COC(=O)CCc1ccco1)Nc1ccccc1Br. The number of halogens is 1. The highest BCUT2D eigenvalue weighted by atomic mass is 79.9. The van der Waals surface area contributed by atoms with Gasteiger partial charge in [0.05, 0.1) is 18.4 Å². The zero-order chi connectivity index (χ0) is 15.1. The van der Waals surface area contributed by atoms with E-state index in [-0.39, 0.29) is 18.9 Å². The van der Waals surface area contributed by atoms with Crippen molar-refractivity contribution in [1.29, 1.82) is 0 Å². The summed E-state index contributed by atoms with van der Waals surface area (Å²) >= 11 is 3.32. The standard InChI is InChI=1S/C15H14BrNO4/c16-12-5-1-2-6-13(12)17-14(18)10-21-15(19)8-7-11-4-3-9-20-11/h1-6,9H,7-8,10H2,(H,17,18). The first kappa shape index (κ1) is 15.3. The number of nitrogens with one attached hydrogen (secondary N) is 1. The predicted molar refractivity (Wildman–Crippen MR) is 80.8 cm³/mol. The quantitative estimate of drug-likeness (QED) is 0.811. The van der Waals surface area contributed by atoms with E-state index in [2.05, 4.69) is 21.2 Å². The summed E-state index contributed by atoms with van der Waals surface area (Å²) in [6, 6.07) is 10.7. The van der Waals surface area contributed by atoms with E-state index in [9.17, 15) is 9.59 Å². The van der Waals surface area contributed by atoms with Crippen molar-refractivity contribution < 1.29 is 18.7 Å². The fraction of sp³-hybridized carbons (Fsp3) is 0.200. The number of carbonyl (C=O) groups excluding carboxylic acids is 2. The molecule has 1 heterocycles. The molecule has 5 nitrogen and oxygen atoms in total. The maximum absolute atomic E-state index is 11.7. The molecule has 1 amide bonds. The van der Waals surface area contributed by atoms with Crippen molar-refractivity contribution in [3.8, 4) is 0 Å². The number of rotatable bonds is 6. The third-order valence-corrected chi connectivity index (χ3v) is 3.36. The average Bonchev–Trinajstić information content (AvgIpc) is 2.99. The molecule has 0 spiro atoms. The van der Waals surface area contributed by atoms with Crippen molar-refractivity contribution in [3.05, 3.63) is 52.9 Å². The van der Waals surface area contributed by atoms with E-state index in [0.29, 0.717) is 17.9 Å². The molecule has 0 fully saturated rings. The van der Waals surface area contributed by atoms with Crippen LogP contribution in [0.3, 0.4) is 0 Å². The molecular weight excluding hydrogens is 338 g/mol. The van der Waals surface area contributed by atoms with Gasteiger partial charge in [-0.25, -0.2) is 0 Å². The number of amides is 1. The van der Waals surface area contributed by atoms with Crippen LogP contribution < -0.4 is 5.32 Å². The lowest BCUT2D eigenvalue weighted by atomic mass is 10.2. The monoisotopic (exact) mass is 351 g/mol. The normalized spacial score (nSPS) is 10.1. The van der Waals surface area contributed by atoms with Crippen molar-refractivity contribution in [3.63, 3.8) is 0 Å². The molecule has 21 heavy (non-hydrogen) atoms. The second-order valence-corrected chi connectivity index (χ2v) is 5.12. The Hall–Kier alpha value is -2.08. The Morgan fingerprint density at radius 1 is 1.19 bits per heavy atom. The van der Waals surface area contributed by atoms with Gasteiger partial charge in [-0.1, -0.05) is 12.1 Å². The molecule has 0 radical (unpaired) electrons. The van der Waals surface area contributed by atoms with Gasteiger partial charge in [-0.15, -0.1) is 0 Å². The van der Waals surface area contributed by atoms with Gasteiger partial charge in [-0.3, -0.25) is 9.59 Å². The van der Waals surface area contributed by atoms with Crippen molar-refractivity contribution in [2.24, 2.45) is 0 Å². The number of furan rings is 1. The van der Waals surface area contributed by atoms with Crippen molar-refractivity contribution in [2.75, 3.05) is 11.9 Å². The summed E-state index contributed by atoms with van der Waals surface area (Å²) in [5.41, 5.74) is 0.633. The average molecular weight is 352 g/mol. The predicted octanol–water partition coefficient (Wildman–Crippen LogP) is 3.16. The minimum absolute atomic E-state index is 0.176. The molecule has 110 valence electrons. The smallest absolute Gasteiger partial charge is 0.306 e. The van der Waals surface area contributed by atoms with Gasteiger partial charge in [-0.2, -0.15) is 0 Å². The Balaban J connectivity index is 1.71. The zero-order valence-corrected chi connectivity index (χ0v) is 12.8. The highest BCUT2D eigenvalue weighted by Gasteiger charge is 2.10. The molecule has 0 aliphatic carbocycles. The van der Waals surface area contributed by atoms with Crippen LogP contribution in [0.2, 0.25) is 0 Å². The van der Waals surface area contributed by atoms with Gasteiger partial charge in [-0.05, 0) is 40.2 Å². The summed E-state index contributed by atoms with van der Waals surface area (Å²) in [6.07, 6.45) is 2.18. The second-order valence-electron chi connectivity index (χ2n) is 4.27. The van der Waals surface area contributed by atoms with Crippen LogP contribution in [0.5, 0.6) is 0 Å². The lowest BCUT2D eigenvalue weighted by Crippen LogP contribution is -2.21. The van der Waals surface area contributed by atoms with Gasteiger partial charge >= 0.3 is 5.97 Å². The van der Waals surface area contributed by atoms with Gasteiger partial charge < -0.3 is 14.5 Å². The van der Waals surface area contributed by atoms with Gasteiger partial charge in [0.25, 0.3) is 5.91 Å². The summed E-state index contributed by atoms with van der Waals surface area (Å²) in [5.74, 6) is -0.105. The van der Waals surface area contributed by atoms with Gasteiger partial charge in [0.15, 0.2) is 6.61 Å². The van der Waals surface area contributed by atoms with E-state index < -0.39 is 5.97 Å². The topological polar surface area (TPSA) is 68.5 Å². The number of ether oxygens (including phenoxy) is 1. The fourth-order valence-electron chi connectivity index (χ4n) is 1.65. The molecular formula is C15H14BrNO4. The van der Waals surface area contributed by atoms with Crippen molar-refractivity contribution >= 4 is 33.5 Å². The molecule has 6 heteroatoms. The zero-order valence-electron chi connectivity index (χ0n) is 11.2. The molecule has 0 atom stereocenters. The van der Waals surface area contributed by atoms with Crippen molar-refractivity contribution in [1.82, 2.24) is 0 Å². The number of esters is 1. The number of carbonyl (C=O) groups is 2. The van der Waals surface area contributed by atoms with E-state index in [1.807, 2.05) is 12.1 Å². The molecule has 1 N–H and O–H groups in total. The highest BCUT2D eigenvalue weighted by Crippen LogP contribution is 2.20. The Morgan fingerprint density at radius 2 is 2.00 bits per heavy atom. The summed E-state index contributed by atoms with van der Waals surface area (Å²) in [5, 5.41) is 2.65. The number of aryl methyl sites for hydroxylation is 1. The molecule has 0 aliphatic heterocycles. The molecule has 1 aromatic heterocycles. The number of benzene rings is 1. The number of anilines is 1. The molecule has 0 unspecified atom stereocenters. The van der Waals surface area contributed by atoms with Crippen LogP contribution in [0, 0.1) is 0 Å². The van der Waals surface area contributed by atoms with E-state index in [0.717, 1.165) is 4.47 Å². The number of hydrogen-bond acceptors (Lipinski definition) is 4. The van der Waals surface area contributed by atoms with E-state index in [1.54, 1.807) is 30.5 Å². The van der Waals surface area contributed by atoms with Gasteiger partial charge in [0.1, 0.15) is 5.76 Å².